The van der Waals surface area contributed by atoms with Crippen LogP contribution in [0.1, 0.15) is 39.5 Å². The molecule has 0 fully saturated rings. The summed E-state index contributed by atoms with van der Waals surface area (Å²) in [6, 6.07) is 0. The second-order valence-electron chi connectivity index (χ2n) is 5.72. The average Bonchev–Trinajstić information content (AvgIpc) is 2.48. The summed E-state index contributed by atoms with van der Waals surface area (Å²) >= 11 is 0. The van der Waals surface area contributed by atoms with Crippen LogP contribution in [0.5, 0.6) is 0 Å². The number of hydrogen-bond acceptors (Lipinski definition) is 4. The summed E-state index contributed by atoms with van der Waals surface area (Å²) in [5.41, 5.74) is -1.95. The molecule has 2 aliphatic rings. The molecular weight excluding hydrogens is 256 g/mol. The third kappa shape index (κ3) is 2.28. The lowest BCUT2D eigenvalue weighted by molar-refractivity contribution is -0.179. The summed E-state index contributed by atoms with van der Waals surface area (Å²) in [6.07, 6.45) is 10.9. The number of ether oxygens (including phenoxy) is 2. The molecule has 0 amide bonds. The first-order valence-electron chi connectivity index (χ1n) is 7.17. The predicted octanol–water partition coefficient (Wildman–Crippen LogP) is 2.78. The van der Waals surface area contributed by atoms with E-state index in [4.69, 9.17) is 9.47 Å². The van der Waals surface area contributed by atoms with E-state index in [0.29, 0.717) is 6.42 Å². The molecule has 0 radical (unpaired) electrons. The third-order valence-electron chi connectivity index (χ3n) is 4.43. The van der Waals surface area contributed by atoms with Crippen LogP contribution >= 0.6 is 0 Å². The minimum absolute atomic E-state index is 0.186. The Kier molecular flexibility index (Phi) is 4.02. The van der Waals surface area contributed by atoms with E-state index in [2.05, 4.69) is 0 Å². The lowest BCUT2D eigenvalue weighted by Gasteiger charge is -2.40. The number of methoxy groups -OCH3 is 1. The molecule has 0 saturated heterocycles. The SMILES string of the molecule is CCC1(C)C=CC(C(=O)OC)(C2C=CCCC2)C(=O)O1. The highest BCUT2D eigenvalue weighted by Gasteiger charge is 2.55. The van der Waals surface area contributed by atoms with E-state index in [-0.39, 0.29) is 5.92 Å². The molecule has 2 rings (SSSR count). The molecule has 3 unspecified atom stereocenters. The minimum atomic E-state index is -1.32. The summed E-state index contributed by atoms with van der Waals surface area (Å²) in [5, 5.41) is 0. The Labute approximate surface area is 119 Å². The molecule has 1 heterocycles. The standard InChI is InChI=1S/C16H22O4/c1-4-15(2)10-11-16(13(17)19-3,14(18)20-15)12-8-6-5-7-9-12/h6,8,10-12H,4-5,7,9H2,1-3H3. The fraction of sp³-hybridized carbons (Fsp3) is 0.625. The number of cyclic esters (lactones) is 1. The number of carbonyl (C=O) groups is 2. The average molecular weight is 278 g/mol. The summed E-state index contributed by atoms with van der Waals surface area (Å²) < 4.78 is 10.4. The number of hydrogen-bond donors (Lipinski definition) is 0. The topological polar surface area (TPSA) is 52.6 Å². The van der Waals surface area contributed by atoms with Crippen molar-refractivity contribution >= 4 is 11.9 Å². The van der Waals surface area contributed by atoms with E-state index in [0.717, 1.165) is 19.3 Å². The highest BCUT2D eigenvalue weighted by Crippen LogP contribution is 2.43. The van der Waals surface area contributed by atoms with E-state index >= 15 is 0 Å². The Bertz CT molecular complexity index is 465. The lowest BCUT2D eigenvalue weighted by atomic mass is 9.69. The number of esters is 2. The molecule has 0 aromatic heterocycles. The summed E-state index contributed by atoms with van der Waals surface area (Å²) in [4.78, 5) is 24.9. The quantitative estimate of drug-likeness (QED) is 0.452. The van der Waals surface area contributed by atoms with Crippen LogP contribution in [0, 0.1) is 11.3 Å². The van der Waals surface area contributed by atoms with Crippen molar-refractivity contribution in [1.82, 2.24) is 0 Å². The molecule has 4 nitrogen and oxygen atoms in total. The first-order valence-corrected chi connectivity index (χ1v) is 7.17. The number of carbonyl (C=O) groups excluding carboxylic acids is 2. The van der Waals surface area contributed by atoms with Crippen LogP contribution in [-0.2, 0) is 19.1 Å². The minimum Gasteiger partial charge on any atom is -0.468 e. The van der Waals surface area contributed by atoms with E-state index in [1.54, 1.807) is 6.08 Å². The molecule has 0 N–H and O–H groups in total. The second kappa shape index (κ2) is 5.43. The normalized spacial score (nSPS) is 36.5. The zero-order valence-electron chi connectivity index (χ0n) is 12.3. The van der Waals surface area contributed by atoms with Crippen LogP contribution in [0.25, 0.3) is 0 Å². The van der Waals surface area contributed by atoms with E-state index < -0.39 is 23.0 Å². The van der Waals surface area contributed by atoms with Gasteiger partial charge in [0.05, 0.1) is 7.11 Å². The second-order valence-corrected chi connectivity index (χ2v) is 5.72. The maximum absolute atomic E-state index is 12.6. The van der Waals surface area contributed by atoms with Crippen molar-refractivity contribution in [3.8, 4) is 0 Å². The van der Waals surface area contributed by atoms with Crippen molar-refractivity contribution in [3.63, 3.8) is 0 Å². The van der Waals surface area contributed by atoms with E-state index in [1.807, 2.05) is 32.1 Å². The highest BCUT2D eigenvalue weighted by atomic mass is 16.6. The number of allylic oxidation sites excluding steroid dienone is 2. The summed E-state index contributed by atoms with van der Waals surface area (Å²) in [7, 11) is 1.31. The van der Waals surface area contributed by atoms with Gasteiger partial charge in [0, 0.05) is 5.92 Å². The Balaban J connectivity index is 2.46. The maximum Gasteiger partial charge on any atom is 0.328 e. The van der Waals surface area contributed by atoms with Gasteiger partial charge in [-0.3, -0.25) is 9.59 Å². The smallest absolute Gasteiger partial charge is 0.328 e. The Morgan fingerprint density at radius 2 is 2.25 bits per heavy atom. The molecule has 0 aromatic carbocycles. The van der Waals surface area contributed by atoms with Crippen LogP contribution < -0.4 is 0 Å². The van der Waals surface area contributed by atoms with Crippen molar-refractivity contribution < 1.29 is 19.1 Å². The van der Waals surface area contributed by atoms with Crippen molar-refractivity contribution in [2.75, 3.05) is 7.11 Å². The first kappa shape index (κ1) is 14.8. The van der Waals surface area contributed by atoms with Crippen LogP contribution in [0.2, 0.25) is 0 Å². The van der Waals surface area contributed by atoms with E-state index in [1.165, 1.54) is 7.11 Å². The van der Waals surface area contributed by atoms with Crippen molar-refractivity contribution in [3.05, 3.63) is 24.3 Å². The van der Waals surface area contributed by atoms with Crippen molar-refractivity contribution in [1.29, 1.82) is 0 Å². The Morgan fingerprint density at radius 3 is 2.75 bits per heavy atom. The van der Waals surface area contributed by atoms with Gasteiger partial charge in [-0.2, -0.15) is 0 Å². The third-order valence-corrected chi connectivity index (χ3v) is 4.43. The van der Waals surface area contributed by atoms with Gasteiger partial charge in [0.15, 0.2) is 5.41 Å². The molecule has 4 heteroatoms. The van der Waals surface area contributed by atoms with E-state index in [9.17, 15) is 9.59 Å². The largest absolute Gasteiger partial charge is 0.468 e. The number of rotatable bonds is 3. The van der Waals surface area contributed by atoms with Gasteiger partial charge in [-0.1, -0.05) is 25.2 Å². The maximum atomic E-state index is 12.6. The van der Waals surface area contributed by atoms with Gasteiger partial charge in [-0.05, 0) is 38.7 Å². The fourth-order valence-electron chi connectivity index (χ4n) is 2.83. The predicted molar refractivity (Wildman–Crippen MR) is 74.9 cm³/mol. The molecule has 3 atom stereocenters. The zero-order chi connectivity index (χ0) is 14.8. The van der Waals surface area contributed by atoms with Gasteiger partial charge in [0.1, 0.15) is 5.60 Å². The van der Waals surface area contributed by atoms with Gasteiger partial charge in [0.2, 0.25) is 0 Å². The molecule has 1 aliphatic carbocycles. The van der Waals surface area contributed by atoms with Crippen molar-refractivity contribution in [2.24, 2.45) is 11.3 Å². The van der Waals surface area contributed by atoms with Gasteiger partial charge >= 0.3 is 11.9 Å². The van der Waals surface area contributed by atoms with Crippen LogP contribution in [0.3, 0.4) is 0 Å². The molecule has 1 aliphatic heterocycles. The van der Waals surface area contributed by atoms with Gasteiger partial charge < -0.3 is 9.47 Å². The highest BCUT2D eigenvalue weighted by molar-refractivity contribution is 6.03. The van der Waals surface area contributed by atoms with Gasteiger partial charge in [-0.25, -0.2) is 0 Å². The Hall–Kier alpha value is -1.58. The van der Waals surface area contributed by atoms with Crippen LogP contribution in [0.4, 0.5) is 0 Å². The molecule has 0 bridgehead atoms. The molecule has 0 saturated carbocycles. The van der Waals surface area contributed by atoms with Gasteiger partial charge in [-0.15, -0.1) is 0 Å². The molecular formula is C16H22O4. The van der Waals surface area contributed by atoms with Crippen LogP contribution in [-0.4, -0.2) is 24.6 Å². The van der Waals surface area contributed by atoms with Crippen molar-refractivity contribution in [2.45, 2.75) is 45.1 Å². The molecule has 0 spiro atoms. The molecule has 0 aromatic rings. The molecule has 20 heavy (non-hydrogen) atoms. The molecule has 110 valence electrons. The Morgan fingerprint density at radius 1 is 1.50 bits per heavy atom. The van der Waals surface area contributed by atoms with Crippen LogP contribution in [0.15, 0.2) is 24.3 Å². The fourth-order valence-corrected chi connectivity index (χ4v) is 2.83. The van der Waals surface area contributed by atoms with Gasteiger partial charge in [0.25, 0.3) is 0 Å². The zero-order valence-corrected chi connectivity index (χ0v) is 12.3. The summed E-state index contributed by atoms with van der Waals surface area (Å²) in [5.74, 6) is -1.21. The summed E-state index contributed by atoms with van der Waals surface area (Å²) in [6.45, 7) is 3.79. The monoisotopic (exact) mass is 278 g/mol. The lowest BCUT2D eigenvalue weighted by Crippen LogP contribution is -2.51. The first-order chi connectivity index (χ1) is 9.48.